The molecule has 0 radical (unpaired) electrons. The molecule has 0 aliphatic rings. The van der Waals surface area contributed by atoms with Crippen LogP contribution in [-0.4, -0.2) is 14.9 Å². The first-order chi connectivity index (χ1) is 9.72. The number of benzene rings is 1. The lowest BCUT2D eigenvalue weighted by molar-refractivity contribution is -0.384. The zero-order chi connectivity index (χ0) is 13.9. The van der Waals surface area contributed by atoms with E-state index in [-0.39, 0.29) is 10.6 Å². The number of rotatable bonds is 4. The lowest BCUT2D eigenvalue weighted by Crippen LogP contribution is -1.85. The van der Waals surface area contributed by atoms with Crippen molar-refractivity contribution in [3.8, 4) is 0 Å². The van der Waals surface area contributed by atoms with Crippen molar-refractivity contribution in [3.63, 3.8) is 0 Å². The summed E-state index contributed by atoms with van der Waals surface area (Å²) in [4.78, 5) is 18.9. The van der Waals surface area contributed by atoms with E-state index in [1.165, 1.54) is 17.4 Å². The number of nitro groups is 1. The first-order valence-electron chi connectivity index (χ1n) is 5.79. The van der Waals surface area contributed by atoms with E-state index in [1.807, 2.05) is 18.3 Å². The Morgan fingerprint density at radius 1 is 1.35 bits per heavy atom. The van der Waals surface area contributed by atoms with E-state index in [9.17, 15) is 10.1 Å². The largest absolute Gasteiger partial charge is 0.270 e. The second-order valence-electron chi connectivity index (χ2n) is 4.04. The third-order valence-electron chi connectivity index (χ3n) is 2.65. The number of pyridine rings is 1. The smallest absolute Gasteiger partial charge is 0.264 e. The Morgan fingerprint density at radius 2 is 2.25 bits per heavy atom. The minimum absolute atomic E-state index is 0.102. The molecule has 0 saturated carbocycles. The Hall–Kier alpha value is -1.99. The van der Waals surface area contributed by atoms with Crippen LogP contribution in [0.3, 0.4) is 0 Å². The predicted molar refractivity (Wildman–Crippen MR) is 80.1 cm³/mol. The maximum atomic E-state index is 10.7. The van der Waals surface area contributed by atoms with E-state index < -0.39 is 0 Å². The Kier molecular flexibility index (Phi) is 3.62. The fourth-order valence-corrected chi connectivity index (χ4v) is 3.73. The van der Waals surface area contributed by atoms with Crippen LogP contribution in [0.15, 0.2) is 47.1 Å². The van der Waals surface area contributed by atoms with Gasteiger partial charge in [0.15, 0.2) is 4.34 Å². The molecule has 0 spiro atoms. The van der Waals surface area contributed by atoms with Gasteiger partial charge in [-0.05, 0) is 17.7 Å². The summed E-state index contributed by atoms with van der Waals surface area (Å²) in [6.07, 6.45) is 3.57. The zero-order valence-corrected chi connectivity index (χ0v) is 11.9. The van der Waals surface area contributed by atoms with Crippen molar-refractivity contribution in [2.75, 3.05) is 0 Å². The Balaban J connectivity index is 1.80. The van der Waals surface area contributed by atoms with Crippen molar-refractivity contribution < 1.29 is 4.92 Å². The highest BCUT2D eigenvalue weighted by Gasteiger charge is 2.10. The highest BCUT2D eigenvalue weighted by atomic mass is 32.2. The minimum Gasteiger partial charge on any atom is -0.264 e. The van der Waals surface area contributed by atoms with Gasteiger partial charge in [-0.15, -0.1) is 11.3 Å². The van der Waals surface area contributed by atoms with Gasteiger partial charge in [0.05, 0.1) is 15.1 Å². The Bertz CT molecular complexity index is 759. The normalized spacial score (nSPS) is 10.8. The van der Waals surface area contributed by atoms with E-state index in [1.54, 1.807) is 30.1 Å². The molecule has 0 aliphatic carbocycles. The number of nitrogens with zero attached hydrogens (tertiary/aromatic N) is 3. The standard InChI is InChI=1S/C13H9N3O2S2/c17-16(18)10-3-4-11-12(6-10)20-13(15-11)19-8-9-2-1-5-14-7-9/h1-7H,8H2. The van der Waals surface area contributed by atoms with Crippen LogP contribution in [0.4, 0.5) is 5.69 Å². The van der Waals surface area contributed by atoms with E-state index in [2.05, 4.69) is 9.97 Å². The van der Waals surface area contributed by atoms with Gasteiger partial charge in [-0.2, -0.15) is 0 Å². The van der Waals surface area contributed by atoms with Gasteiger partial charge in [-0.25, -0.2) is 4.98 Å². The van der Waals surface area contributed by atoms with Crippen LogP contribution in [0.2, 0.25) is 0 Å². The summed E-state index contributed by atoms with van der Waals surface area (Å²) in [6, 6.07) is 8.66. The molecule has 5 nitrogen and oxygen atoms in total. The highest BCUT2D eigenvalue weighted by molar-refractivity contribution is 8.00. The molecule has 0 aliphatic heterocycles. The number of hydrogen-bond donors (Lipinski definition) is 0. The number of aromatic nitrogens is 2. The number of thioether (sulfide) groups is 1. The van der Waals surface area contributed by atoms with Crippen LogP contribution in [0.1, 0.15) is 5.56 Å². The van der Waals surface area contributed by atoms with Gasteiger partial charge in [0.1, 0.15) is 0 Å². The van der Waals surface area contributed by atoms with Crippen LogP contribution in [0, 0.1) is 10.1 Å². The van der Waals surface area contributed by atoms with Crippen LogP contribution < -0.4 is 0 Å². The molecule has 2 aromatic heterocycles. The van der Waals surface area contributed by atoms with E-state index in [0.717, 1.165) is 25.9 Å². The van der Waals surface area contributed by atoms with Crippen molar-refractivity contribution >= 4 is 39.0 Å². The van der Waals surface area contributed by atoms with Crippen LogP contribution in [0.5, 0.6) is 0 Å². The molecule has 0 atom stereocenters. The SMILES string of the molecule is O=[N+]([O-])c1ccc2nc(SCc3cccnc3)sc2c1. The molecule has 0 amide bonds. The number of hydrogen-bond acceptors (Lipinski definition) is 6. The molecule has 0 unspecified atom stereocenters. The molecule has 2 heterocycles. The number of fused-ring (bicyclic) bond motifs is 1. The molecule has 1 aromatic carbocycles. The average molecular weight is 303 g/mol. The molecular formula is C13H9N3O2S2. The maximum absolute atomic E-state index is 10.7. The molecule has 100 valence electrons. The summed E-state index contributed by atoms with van der Waals surface area (Å²) in [5.74, 6) is 0.787. The third-order valence-corrected chi connectivity index (χ3v) is 4.88. The molecule has 0 fully saturated rings. The van der Waals surface area contributed by atoms with E-state index in [4.69, 9.17) is 0 Å². The first-order valence-corrected chi connectivity index (χ1v) is 7.59. The lowest BCUT2D eigenvalue weighted by Gasteiger charge is -1.96. The first kappa shape index (κ1) is 13.0. The van der Waals surface area contributed by atoms with Crippen molar-refractivity contribution in [2.24, 2.45) is 0 Å². The Morgan fingerprint density at radius 3 is 3.00 bits per heavy atom. The van der Waals surface area contributed by atoms with E-state index >= 15 is 0 Å². The summed E-state index contributed by atoms with van der Waals surface area (Å²) in [5, 5.41) is 10.7. The summed E-state index contributed by atoms with van der Waals surface area (Å²) in [6.45, 7) is 0. The number of non-ortho nitro benzene ring substituents is 1. The molecule has 0 N–H and O–H groups in total. The van der Waals surface area contributed by atoms with Gasteiger partial charge in [-0.1, -0.05) is 17.8 Å². The number of thiazole rings is 1. The van der Waals surface area contributed by atoms with Crippen molar-refractivity contribution in [3.05, 3.63) is 58.4 Å². The van der Waals surface area contributed by atoms with E-state index in [0.29, 0.717) is 0 Å². The Labute approximate surface area is 122 Å². The second kappa shape index (κ2) is 5.56. The highest BCUT2D eigenvalue weighted by Crippen LogP contribution is 2.33. The second-order valence-corrected chi connectivity index (χ2v) is 6.29. The third kappa shape index (κ3) is 2.78. The predicted octanol–water partition coefficient (Wildman–Crippen LogP) is 3.89. The van der Waals surface area contributed by atoms with Crippen LogP contribution in [-0.2, 0) is 5.75 Å². The van der Waals surface area contributed by atoms with Crippen molar-refractivity contribution in [1.29, 1.82) is 0 Å². The molecule has 7 heteroatoms. The summed E-state index contributed by atoms with van der Waals surface area (Å²) in [7, 11) is 0. The zero-order valence-electron chi connectivity index (χ0n) is 10.2. The quantitative estimate of drug-likeness (QED) is 0.415. The van der Waals surface area contributed by atoms with Gasteiger partial charge in [-0.3, -0.25) is 15.1 Å². The summed E-state index contributed by atoms with van der Waals surface area (Å²) in [5.41, 5.74) is 2.03. The monoisotopic (exact) mass is 303 g/mol. The van der Waals surface area contributed by atoms with Gasteiger partial charge >= 0.3 is 0 Å². The van der Waals surface area contributed by atoms with Crippen LogP contribution >= 0.6 is 23.1 Å². The molecule has 3 aromatic rings. The molecule has 3 rings (SSSR count). The average Bonchev–Trinajstić information content (AvgIpc) is 2.88. The molecule has 20 heavy (non-hydrogen) atoms. The molecular weight excluding hydrogens is 294 g/mol. The lowest BCUT2D eigenvalue weighted by atomic mass is 10.3. The summed E-state index contributed by atoms with van der Waals surface area (Å²) >= 11 is 3.09. The van der Waals surface area contributed by atoms with Gasteiger partial charge < -0.3 is 0 Å². The van der Waals surface area contributed by atoms with Crippen molar-refractivity contribution in [2.45, 2.75) is 10.1 Å². The maximum Gasteiger partial charge on any atom is 0.270 e. The fraction of sp³-hybridized carbons (Fsp3) is 0.0769. The minimum atomic E-state index is -0.387. The van der Waals surface area contributed by atoms with Gasteiger partial charge in [0, 0.05) is 30.3 Å². The van der Waals surface area contributed by atoms with Crippen molar-refractivity contribution in [1.82, 2.24) is 9.97 Å². The van der Waals surface area contributed by atoms with Gasteiger partial charge in [0.2, 0.25) is 0 Å². The van der Waals surface area contributed by atoms with Gasteiger partial charge in [0.25, 0.3) is 5.69 Å². The van der Waals surface area contributed by atoms with Crippen LogP contribution in [0.25, 0.3) is 10.2 Å². The topological polar surface area (TPSA) is 68.9 Å². The molecule has 0 bridgehead atoms. The number of nitro benzene ring substituents is 1. The summed E-state index contributed by atoms with van der Waals surface area (Å²) < 4.78 is 1.75. The fourth-order valence-electron chi connectivity index (χ4n) is 1.70. The molecule has 0 saturated heterocycles.